The summed E-state index contributed by atoms with van der Waals surface area (Å²) in [7, 11) is 0. The van der Waals surface area contributed by atoms with E-state index in [1.54, 1.807) is 0 Å². The normalized spacial score (nSPS) is 40.7. The van der Waals surface area contributed by atoms with Crippen LogP contribution in [-0.2, 0) is 9.53 Å². The van der Waals surface area contributed by atoms with Crippen LogP contribution >= 0.6 is 0 Å². The largest absolute Gasteiger partial charge is 0.342 e. The number of carbonyl (C=O) groups is 1. The Morgan fingerprint density at radius 1 is 1.26 bits per heavy atom. The molecule has 19 heavy (non-hydrogen) atoms. The van der Waals surface area contributed by atoms with Crippen LogP contribution in [0, 0.1) is 11.8 Å². The van der Waals surface area contributed by atoms with E-state index in [1.165, 1.54) is 0 Å². The summed E-state index contributed by atoms with van der Waals surface area (Å²) < 4.78 is 6.25. The molecule has 2 rings (SSSR count). The van der Waals surface area contributed by atoms with Crippen LogP contribution in [0.1, 0.15) is 54.9 Å². The van der Waals surface area contributed by atoms with E-state index < -0.39 is 5.60 Å². The highest BCUT2D eigenvalue weighted by atomic mass is 16.5. The molecule has 2 aliphatic rings. The van der Waals surface area contributed by atoms with Crippen LogP contribution in [0.4, 0.5) is 0 Å². The Morgan fingerprint density at radius 2 is 1.84 bits per heavy atom. The molecule has 0 aliphatic carbocycles. The van der Waals surface area contributed by atoms with Crippen molar-refractivity contribution in [2.45, 2.75) is 77.8 Å². The Hall–Kier alpha value is -0.610. The van der Waals surface area contributed by atoms with Gasteiger partial charge in [-0.3, -0.25) is 4.79 Å². The number of rotatable bonds is 1. The van der Waals surface area contributed by atoms with Crippen molar-refractivity contribution < 1.29 is 9.53 Å². The molecule has 0 bridgehead atoms. The minimum Gasteiger partial charge on any atom is -0.342 e. The highest BCUT2D eigenvalue weighted by Crippen LogP contribution is 2.46. The van der Waals surface area contributed by atoms with E-state index in [2.05, 4.69) is 59.1 Å². The van der Waals surface area contributed by atoms with E-state index in [0.717, 1.165) is 0 Å². The van der Waals surface area contributed by atoms with E-state index in [-0.39, 0.29) is 35.0 Å². The number of hydrogen-bond donors (Lipinski definition) is 2. The number of piperidine rings is 1. The van der Waals surface area contributed by atoms with Crippen LogP contribution in [0.25, 0.3) is 0 Å². The third kappa shape index (κ3) is 2.29. The Bertz CT molecular complexity index is 390. The zero-order valence-electron chi connectivity index (χ0n) is 13.3. The van der Waals surface area contributed by atoms with Crippen LogP contribution in [-0.4, -0.2) is 28.8 Å². The van der Waals surface area contributed by atoms with E-state index in [9.17, 15) is 4.79 Å². The zero-order chi connectivity index (χ0) is 14.6. The lowest BCUT2D eigenvalue weighted by molar-refractivity contribution is -0.164. The molecule has 3 unspecified atom stereocenters. The molecule has 2 heterocycles. The number of ether oxygens (including phenoxy) is 1. The minimum atomic E-state index is -0.701. The molecule has 1 amide bonds. The summed E-state index contributed by atoms with van der Waals surface area (Å²) in [5, 5.41) is 6.67. The monoisotopic (exact) mass is 268 g/mol. The van der Waals surface area contributed by atoms with Crippen LogP contribution in [0.15, 0.2) is 0 Å². The summed E-state index contributed by atoms with van der Waals surface area (Å²) in [6.07, 6.45) is 0.541. The molecular weight excluding hydrogens is 240 g/mol. The number of nitrogens with one attached hydrogen (secondary N) is 2. The molecule has 3 atom stereocenters. The third-order valence-corrected chi connectivity index (χ3v) is 4.75. The molecule has 0 aromatic carbocycles. The van der Waals surface area contributed by atoms with Gasteiger partial charge in [-0.05, 0) is 33.6 Å². The average molecular weight is 268 g/mol. The van der Waals surface area contributed by atoms with Gasteiger partial charge in [0.25, 0.3) is 5.91 Å². The van der Waals surface area contributed by atoms with Gasteiger partial charge in [0.05, 0.1) is 0 Å². The van der Waals surface area contributed by atoms with Crippen molar-refractivity contribution >= 4 is 5.91 Å². The van der Waals surface area contributed by atoms with Gasteiger partial charge in [0.15, 0.2) is 5.60 Å². The fourth-order valence-corrected chi connectivity index (χ4v) is 3.70. The van der Waals surface area contributed by atoms with Gasteiger partial charge < -0.3 is 15.4 Å². The van der Waals surface area contributed by atoms with Gasteiger partial charge in [-0.1, -0.05) is 20.8 Å². The van der Waals surface area contributed by atoms with Gasteiger partial charge in [0.1, 0.15) is 6.23 Å². The third-order valence-electron chi connectivity index (χ3n) is 4.75. The highest BCUT2D eigenvalue weighted by molar-refractivity contribution is 5.88. The van der Waals surface area contributed by atoms with Crippen molar-refractivity contribution in [2.75, 3.05) is 0 Å². The Balaban J connectivity index is 2.38. The summed E-state index contributed by atoms with van der Waals surface area (Å²) in [6.45, 7) is 14.9. The molecule has 2 N–H and O–H groups in total. The molecule has 0 saturated carbocycles. The van der Waals surface area contributed by atoms with Gasteiger partial charge in [-0.15, -0.1) is 0 Å². The molecule has 0 aromatic heterocycles. The van der Waals surface area contributed by atoms with Crippen molar-refractivity contribution in [2.24, 2.45) is 11.8 Å². The zero-order valence-corrected chi connectivity index (χ0v) is 13.3. The smallest absolute Gasteiger partial charge is 0.254 e. The summed E-state index contributed by atoms with van der Waals surface area (Å²) in [6, 6.07) is 0. The Kier molecular flexibility index (Phi) is 3.26. The molecule has 2 fully saturated rings. The lowest BCUT2D eigenvalue weighted by Crippen LogP contribution is -2.70. The van der Waals surface area contributed by atoms with E-state index in [4.69, 9.17) is 4.74 Å². The fraction of sp³-hybridized carbons (Fsp3) is 0.933. The fourth-order valence-electron chi connectivity index (χ4n) is 3.70. The predicted molar refractivity (Wildman–Crippen MR) is 75.7 cm³/mol. The molecule has 0 aromatic rings. The number of carbonyl (C=O) groups excluding carboxylic acids is 1. The maximum Gasteiger partial charge on any atom is 0.254 e. The van der Waals surface area contributed by atoms with E-state index in [0.29, 0.717) is 6.42 Å². The van der Waals surface area contributed by atoms with Crippen LogP contribution in [0.3, 0.4) is 0 Å². The topological polar surface area (TPSA) is 50.4 Å². The lowest BCUT2D eigenvalue weighted by Gasteiger charge is -2.54. The minimum absolute atomic E-state index is 0.0568. The van der Waals surface area contributed by atoms with Crippen molar-refractivity contribution in [3.63, 3.8) is 0 Å². The quantitative estimate of drug-likeness (QED) is 0.765. The summed E-state index contributed by atoms with van der Waals surface area (Å²) in [5.41, 5.74) is -0.947. The molecular formula is C15H28N2O2. The predicted octanol–water partition coefficient (Wildman–Crippen LogP) is 2.04. The maximum absolute atomic E-state index is 12.6. The SMILES string of the molecule is CC(C)C1NC(=O)C2(CC(C)(C)NC(C)(C)C2C)O1. The van der Waals surface area contributed by atoms with Crippen LogP contribution in [0.2, 0.25) is 0 Å². The molecule has 1 spiro atoms. The number of amides is 1. The van der Waals surface area contributed by atoms with Crippen molar-refractivity contribution in [3.8, 4) is 0 Å². The van der Waals surface area contributed by atoms with Gasteiger partial charge in [-0.25, -0.2) is 0 Å². The first-order valence-electron chi connectivity index (χ1n) is 7.28. The molecule has 4 heteroatoms. The second kappa shape index (κ2) is 4.19. The summed E-state index contributed by atoms with van der Waals surface area (Å²) >= 11 is 0. The van der Waals surface area contributed by atoms with Gasteiger partial charge in [0.2, 0.25) is 0 Å². The van der Waals surface area contributed by atoms with Crippen molar-refractivity contribution in [1.82, 2.24) is 10.6 Å². The molecule has 110 valence electrons. The van der Waals surface area contributed by atoms with E-state index >= 15 is 0 Å². The Labute approximate surface area is 116 Å². The van der Waals surface area contributed by atoms with Crippen molar-refractivity contribution in [1.29, 1.82) is 0 Å². The second-order valence-electron chi connectivity index (χ2n) is 7.77. The standard InChI is InChI=1S/C15H28N2O2/c1-9(2)11-16-12(18)15(19-11)8-13(4,5)17-14(6,7)10(15)3/h9-11,17H,8H2,1-7H3,(H,16,18). The van der Waals surface area contributed by atoms with Gasteiger partial charge in [0, 0.05) is 23.4 Å². The van der Waals surface area contributed by atoms with Crippen LogP contribution in [0.5, 0.6) is 0 Å². The van der Waals surface area contributed by atoms with Gasteiger partial charge in [-0.2, -0.15) is 0 Å². The number of hydrogen-bond acceptors (Lipinski definition) is 3. The second-order valence-corrected chi connectivity index (χ2v) is 7.77. The molecule has 0 radical (unpaired) electrons. The average Bonchev–Trinajstić information content (AvgIpc) is 2.52. The molecule has 2 aliphatic heterocycles. The highest BCUT2D eigenvalue weighted by Gasteiger charge is 2.61. The molecule has 4 nitrogen and oxygen atoms in total. The first kappa shape index (κ1) is 14.8. The summed E-state index contributed by atoms with van der Waals surface area (Å²) in [5.74, 6) is 0.467. The Morgan fingerprint density at radius 3 is 2.32 bits per heavy atom. The first-order chi connectivity index (χ1) is 8.50. The van der Waals surface area contributed by atoms with Crippen molar-refractivity contribution in [3.05, 3.63) is 0 Å². The lowest BCUT2D eigenvalue weighted by atomic mass is 9.65. The maximum atomic E-state index is 12.6. The van der Waals surface area contributed by atoms with Gasteiger partial charge >= 0.3 is 0 Å². The van der Waals surface area contributed by atoms with Crippen LogP contribution < -0.4 is 10.6 Å². The summed E-state index contributed by atoms with van der Waals surface area (Å²) in [4.78, 5) is 12.6. The van der Waals surface area contributed by atoms with E-state index in [1.807, 2.05) is 0 Å². The molecule has 2 saturated heterocycles. The first-order valence-corrected chi connectivity index (χ1v) is 7.28.